The third-order valence-electron chi connectivity index (χ3n) is 4.21. The molecule has 0 saturated carbocycles. The minimum absolute atomic E-state index is 0.237. The number of para-hydroxylation sites is 1. The van der Waals surface area contributed by atoms with Gasteiger partial charge in [0.25, 0.3) is 0 Å². The topological polar surface area (TPSA) is 41.3 Å². The maximum absolute atomic E-state index is 9.50. The molecule has 20 heavy (non-hydrogen) atoms. The van der Waals surface area contributed by atoms with Crippen LogP contribution in [0.5, 0.6) is 0 Å². The molecule has 4 heteroatoms. The maximum Gasteiger partial charge on any atom is 0.0769 e. The first-order valence-corrected chi connectivity index (χ1v) is 7.23. The highest BCUT2D eigenvalue weighted by Gasteiger charge is 2.30. The Bertz CT molecular complexity index is 552. The molecule has 0 bridgehead atoms. The van der Waals surface area contributed by atoms with Crippen molar-refractivity contribution in [2.24, 2.45) is 5.92 Å². The Hall–Kier alpha value is -1.65. The van der Waals surface area contributed by atoms with E-state index in [4.69, 9.17) is 0 Å². The molecule has 2 heterocycles. The fourth-order valence-corrected chi connectivity index (χ4v) is 2.96. The number of rotatable bonds is 4. The summed E-state index contributed by atoms with van der Waals surface area (Å²) in [4.78, 5) is 2.34. The highest BCUT2D eigenvalue weighted by Crippen LogP contribution is 2.25. The number of nitrogens with zero attached hydrogens (tertiary/aromatic N) is 3. The van der Waals surface area contributed by atoms with E-state index in [1.807, 2.05) is 41.2 Å². The van der Waals surface area contributed by atoms with Crippen LogP contribution < -0.4 is 0 Å². The molecular formula is C16H21N3O. The molecule has 2 atom stereocenters. The largest absolute Gasteiger partial charge is 0.395 e. The summed E-state index contributed by atoms with van der Waals surface area (Å²) in [6, 6.07) is 12.5. The number of hydrogen-bond acceptors (Lipinski definition) is 3. The Morgan fingerprint density at radius 2 is 2.05 bits per heavy atom. The van der Waals surface area contributed by atoms with Gasteiger partial charge < -0.3 is 5.11 Å². The molecule has 1 aromatic carbocycles. The molecule has 1 aromatic heterocycles. The van der Waals surface area contributed by atoms with Crippen LogP contribution in [0.3, 0.4) is 0 Å². The SMILES string of the molecule is CC1CCN(Cc2ccn(-c3ccccc3)n2)C1CO. The number of aliphatic hydroxyl groups is 1. The number of benzene rings is 1. The monoisotopic (exact) mass is 271 g/mol. The standard InChI is InChI=1S/C16H21N3O/c1-13-7-9-18(16(13)12-20)11-14-8-10-19(17-14)15-5-3-2-4-6-15/h2-6,8,10,13,16,20H,7,9,11-12H2,1H3. The van der Waals surface area contributed by atoms with Crippen molar-refractivity contribution in [3.63, 3.8) is 0 Å². The molecule has 1 aliphatic rings. The van der Waals surface area contributed by atoms with Crippen molar-refractivity contribution >= 4 is 0 Å². The van der Waals surface area contributed by atoms with Gasteiger partial charge in [0.2, 0.25) is 0 Å². The van der Waals surface area contributed by atoms with Crippen molar-refractivity contribution in [3.8, 4) is 5.69 Å². The first-order chi connectivity index (χ1) is 9.78. The van der Waals surface area contributed by atoms with Crippen LogP contribution in [0.4, 0.5) is 0 Å². The van der Waals surface area contributed by atoms with Crippen molar-refractivity contribution in [1.29, 1.82) is 0 Å². The molecule has 0 spiro atoms. The van der Waals surface area contributed by atoms with Gasteiger partial charge in [-0.15, -0.1) is 0 Å². The van der Waals surface area contributed by atoms with Gasteiger partial charge >= 0.3 is 0 Å². The van der Waals surface area contributed by atoms with Crippen LogP contribution >= 0.6 is 0 Å². The van der Waals surface area contributed by atoms with Crippen molar-refractivity contribution in [2.75, 3.05) is 13.2 Å². The fourth-order valence-electron chi connectivity index (χ4n) is 2.96. The van der Waals surface area contributed by atoms with E-state index in [1.54, 1.807) is 0 Å². The molecule has 1 fully saturated rings. The summed E-state index contributed by atoms with van der Waals surface area (Å²) in [7, 11) is 0. The summed E-state index contributed by atoms with van der Waals surface area (Å²) in [5.74, 6) is 0.566. The van der Waals surface area contributed by atoms with Crippen molar-refractivity contribution in [3.05, 3.63) is 48.3 Å². The lowest BCUT2D eigenvalue weighted by Gasteiger charge is -2.23. The molecule has 0 radical (unpaired) electrons. The predicted octanol–water partition coefficient (Wildman–Crippen LogP) is 2.08. The smallest absolute Gasteiger partial charge is 0.0769 e. The Morgan fingerprint density at radius 1 is 1.25 bits per heavy atom. The summed E-state index contributed by atoms with van der Waals surface area (Å²) in [6.07, 6.45) is 3.16. The molecule has 1 N–H and O–H groups in total. The lowest BCUT2D eigenvalue weighted by molar-refractivity contribution is 0.133. The van der Waals surface area contributed by atoms with Crippen molar-refractivity contribution in [2.45, 2.75) is 25.9 Å². The maximum atomic E-state index is 9.50. The molecule has 1 saturated heterocycles. The molecule has 2 aromatic rings. The van der Waals surface area contributed by atoms with Gasteiger partial charge in [-0.3, -0.25) is 4.90 Å². The molecule has 3 rings (SSSR count). The number of hydrogen-bond donors (Lipinski definition) is 1. The van der Waals surface area contributed by atoms with E-state index in [0.29, 0.717) is 5.92 Å². The third-order valence-corrected chi connectivity index (χ3v) is 4.21. The lowest BCUT2D eigenvalue weighted by atomic mass is 10.0. The molecule has 0 aliphatic carbocycles. The van der Waals surface area contributed by atoms with E-state index >= 15 is 0 Å². The summed E-state index contributed by atoms with van der Waals surface area (Å²) >= 11 is 0. The van der Waals surface area contributed by atoms with E-state index in [1.165, 1.54) is 0 Å². The first-order valence-electron chi connectivity index (χ1n) is 7.23. The summed E-state index contributed by atoms with van der Waals surface area (Å²) in [5, 5.41) is 14.1. The first kappa shape index (κ1) is 13.3. The van der Waals surface area contributed by atoms with Crippen LogP contribution in [0.2, 0.25) is 0 Å². The molecule has 2 unspecified atom stereocenters. The normalized spacial score (nSPS) is 23.3. The van der Waals surface area contributed by atoms with Crippen molar-refractivity contribution in [1.82, 2.24) is 14.7 Å². The zero-order valence-electron chi connectivity index (χ0n) is 11.8. The second-order valence-corrected chi connectivity index (χ2v) is 5.57. The molecule has 106 valence electrons. The van der Waals surface area contributed by atoms with E-state index in [9.17, 15) is 5.11 Å². The van der Waals surface area contributed by atoms with E-state index in [0.717, 1.165) is 30.9 Å². The summed E-state index contributed by atoms with van der Waals surface area (Å²) in [6.45, 7) is 4.31. The minimum Gasteiger partial charge on any atom is -0.395 e. The van der Waals surface area contributed by atoms with Gasteiger partial charge in [0, 0.05) is 18.8 Å². The van der Waals surface area contributed by atoms with E-state index in [-0.39, 0.29) is 12.6 Å². The minimum atomic E-state index is 0.237. The lowest BCUT2D eigenvalue weighted by Crippen LogP contribution is -2.34. The highest BCUT2D eigenvalue weighted by atomic mass is 16.3. The van der Waals surface area contributed by atoms with Gasteiger partial charge in [0.15, 0.2) is 0 Å². The number of aromatic nitrogens is 2. The molecule has 1 aliphatic heterocycles. The zero-order valence-corrected chi connectivity index (χ0v) is 11.8. The highest BCUT2D eigenvalue weighted by molar-refractivity contribution is 5.30. The second-order valence-electron chi connectivity index (χ2n) is 5.57. The van der Waals surface area contributed by atoms with Gasteiger partial charge in [-0.1, -0.05) is 25.1 Å². The average molecular weight is 271 g/mol. The van der Waals surface area contributed by atoms with Crippen LogP contribution in [-0.2, 0) is 6.54 Å². The van der Waals surface area contributed by atoms with Crippen LogP contribution in [-0.4, -0.2) is 39.0 Å². The number of aliphatic hydroxyl groups excluding tert-OH is 1. The summed E-state index contributed by atoms with van der Waals surface area (Å²) < 4.78 is 1.91. The molecule has 4 nitrogen and oxygen atoms in total. The van der Waals surface area contributed by atoms with Gasteiger partial charge in [-0.25, -0.2) is 4.68 Å². The van der Waals surface area contributed by atoms with Gasteiger partial charge in [0.05, 0.1) is 18.0 Å². The van der Waals surface area contributed by atoms with Crippen LogP contribution in [0.15, 0.2) is 42.6 Å². The predicted molar refractivity (Wildman–Crippen MR) is 78.6 cm³/mol. The Morgan fingerprint density at radius 3 is 2.80 bits per heavy atom. The number of likely N-dealkylation sites (tertiary alicyclic amines) is 1. The molecular weight excluding hydrogens is 250 g/mol. The van der Waals surface area contributed by atoms with Gasteiger partial charge in [0.1, 0.15) is 0 Å². The fraction of sp³-hybridized carbons (Fsp3) is 0.438. The van der Waals surface area contributed by atoms with E-state index in [2.05, 4.69) is 23.0 Å². The Balaban J connectivity index is 1.72. The Labute approximate surface area is 119 Å². The van der Waals surface area contributed by atoms with E-state index < -0.39 is 0 Å². The van der Waals surface area contributed by atoms with Gasteiger partial charge in [-0.05, 0) is 37.1 Å². The van der Waals surface area contributed by atoms with Crippen LogP contribution in [0, 0.1) is 5.92 Å². The van der Waals surface area contributed by atoms with Crippen molar-refractivity contribution < 1.29 is 5.11 Å². The summed E-state index contributed by atoms with van der Waals surface area (Å²) in [5.41, 5.74) is 2.13. The Kier molecular flexibility index (Phi) is 3.85. The third kappa shape index (κ3) is 2.62. The van der Waals surface area contributed by atoms with Crippen LogP contribution in [0.25, 0.3) is 5.69 Å². The molecule has 0 amide bonds. The average Bonchev–Trinajstić information content (AvgIpc) is 3.08. The van der Waals surface area contributed by atoms with Crippen LogP contribution in [0.1, 0.15) is 19.0 Å². The second kappa shape index (κ2) is 5.77. The zero-order chi connectivity index (χ0) is 13.9. The quantitative estimate of drug-likeness (QED) is 0.925. The van der Waals surface area contributed by atoms with Gasteiger partial charge in [-0.2, -0.15) is 5.10 Å².